The van der Waals surface area contributed by atoms with E-state index < -0.39 is 0 Å². The second kappa shape index (κ2) is 4.26. The van der Waals surface area contributed by atoms with E-state index in [4.69, 9.17) is 10.3 Å². The Labute approximate surface area is 70.4 Å². The molecule has 0 bridgehead atoms. The van der Waals surface area contributed by atoms with Crippen LogP contribution in [-0.2, 0) is 0 Å². The number of azide groups is 1. The zero-order valence-electron chi connectivity index (χ0n) is 6.47. The van der Waals surface area contributed by atoms with E-state index in [1.54, 1.807) is 12.1 Å². The first kappa shape index (κ1) is 8.43. The molecule has 0 aromatic heterocycles. The Hall–Kier alpha value is -1.67. The fraction of sp³-hybridized carbons (Fsp3) is 0.125. The fourth-order valence-electron chi connectivity index (χ4n) is 0.715. The van der Waals surface area contributed by atoms with Gasteiger partial charge in [-0.3, -0.25) is 0 Å². The molecule has 4 nitrogen and oxygen atoms in total. The molecule has 0 aliphatic rings. The van der Waals surface area contributed by atoms with Gasteiger partial charge in [0.15, 0.2) is 6.73 Å². The summed E-state index contributed by atoms with van der Waals surface area (Å²) in [6.07, 6.45) is 0. The average molecular weight is 162 g/mol. The monoisotopic (exact) mass is 162 g/mol. The first-order valence-corrected chi connectivity index (χ1v) is 3.38. The van der Waals surface area contributed by atoms with Gasteiger partial charge >= 0.3 is 0 Å². The summed E-state index contributed by atoms with van der Waals surface area (Å²) < 4.78 is 5.05. The smallest absolute Gasteiger partial charge is 0.167 e. The van der Waals surface area contributed by atoms with Crippen molar-refractivity contribution in [3.05, 3.63) is 47.2 Å². The minimum Gasteiger partial charge on any atom is -0.488 e. The van der Waals surface area contributed by atoms with E-state index in [-0.39, 0.29) is 6.73 Å². The van der Waals surface area contributed by atoms with Gasteiger partial charge in [-0.1, -0.05) is 17.2 Å². The van der Waals surface area contributed by atoms with Gasteiger partial charge in [-0.15, -0.1) is 0 Å². The van der Waals surface area contributed by atoms with Gasteiger partial charge in [0, 0.05) is 4.91 Å². The van der Waals surface area contributed by atoms with E-state index in [9.17, 15) is 0 Å². The van der Waals surface area contributed by atoms with Crippen LogP contribution in [0.25, 0.3) is 10.4 Å². The molecule has 4 heteroatoms. The summed E-state index contributed by atoms with van der Waals surface area (Å²) in [5, 5.41) is 3.23. The number of hydrogen-bond donors (Lipinski definition) is 0. The molecule has 1 aromatic carbocycles. The molecular formula is C8H8N3O. The minimum absolute atomic E-state index is 0.0208. The highest BCUT2D eigenvalue weighted by Crippen LogP contribution is 2.10. The Balaban J connectivity index is 2.53. The minimum atomic E-state index is 0.0208. The number of hydrogen-bond acceptors (Lipinski definition) is 2. The van der Waals surface area contributed by atoms with Gasteiger partial charge in [0.05, 0.1) is 0 Å². The Morgan fingerprint density at radius 1 is 1.42 bits per heavy atom. The summed E-state index contributed by atoms with van der Waals surface area (Å²) in [6.45, 7) is 3.74. The summed E-state index contributed by atoms with van der Waals surface area (Å²) in [7, 11) is 0. The largest absolute Gasteiger partial charge is 0.488 e. The SMILES string of the molecule is [CH2]c1ccc(OCN=[N+]=[N-])cc1. The standard InChI is InChI=1S/C8H8N3O/c1-7-2-4-8(5-3-7)12-6-10-11-9/h2-5H,1,6H2. The highest BCUT2D eigenvalue weighted by Gasteiger charge is 1.89. The lowest BCUT2D eigenvalue weighted by atomic mass is 10.2. The lowest BCUT2D eigenvalue weighted by Gasteiger charge is -2.01. The zero-order valence-corrected chi connectivity index (χ0v) is 6.47. The number of nitrogens with zero attached hydrogens (tertiary/aromatic N) is 3. The molecule has 0 saturated carbocycles. The predicted octanol–water partition coefficient (Wildman–Crippen LogP) is 2.52. The lowest BCUT2D eigenvalue weighted by Crippen LogP contribution is -1.91. The average Bonchev–Trinajstić information content (AvgIpc) is 2.09. The third-order valence-corrected chi connectivity index (χ3v) is 1.28. The molecule has 1 aromatic rings. The molecule has 0 aliphatic carbocycles. The Morgan fingerprint density at radius 2 is 2.08 bits per heavy atom. The van der Waals surface area contributed by atoms with Crippen LogP contribution in [-0.4, -0.2) is 6.73 Å². The summed E-state index contributed by atoms with van der Waals surface area (Å²) in [5.74, 6) is 0.676. The van der Waals surface area contributed by atoms with Crippen molar-refractivity contribution in [1.82, 2.24) is 0 Å². The zero-order chi connectivity index (χ0) is 8.81. The number of rotatable bonds is 3. The summed E-state index contributed by atoms with van der Waals surface area (Å²) >= 11 is 0. The van der Waals surface area contributed by atoms with Crippen molar-refractivity contribution in [1.29, 1.82) is 0 Å². The van der Waals surface area contributed by atoms with Crippen LogP contribution in [0.15, 0.2) is 29.4 Å². The second-order valence-electron chi connectivity index (χ2n) is 2.15. The lowest BCUT2D eigenvalue weighted by molar-refractivity contribution is 0.329. The van der Waals surface area contributed by atoms with Crippen LogP contribution < -0.4 is 4.74 Å². The van der Waals surface area contributed by atoms with Crippen LogP contribution in [0.5, 0.6) is 5.75 Å². The van der Waals surface area contributed by atoms with Crippen LogP contribution in [0, 0.1) is 6.92 Å². The van der Waals surface area contributed by atoms with Crippen molar-refractivity contribution in [2.24, 2.45) is 5.11 Å². The number of benzene rings is 1. The van der Waals surface area contributed by atoms with E-state index in [2.05, 4.69) is 16.9 Å². The van der Waals surface area contributed by atoms with Crippen molar-refractivity contribution < 1.29 is 4.74 Å². The Morgan fingerprint density at radius 3 is 2.67 bits per heavy atom. The van der Waals surface area contributed by atoms with Gasteiger partial charge in [0.1, 0.15) is 5.75 Å². The van der Waals surface area contributed by atoms with Crippen LogP contribution in [0.2, 0.25) is 0 Å². The van der Waals surface area contributed by atoms with Crippen LogP contribution in [0.1, 0.15) is 5.56 Å². The normalized spacial score (nSPS) is 8.75. The Kier molecular flexibility index (Phi) is 2.99. The first-order chi connectivity index (χ1) is 5.83. The van der Waals surface area contributed by atoms with E-state index in [0.717, 1.165) is 5.56 Å². The molecule has 0 N–H and O–H groups in total. The fourth-order valence-corrected chi connectivity index (χ4v) is 0.715. The van der Waals surface area contributed by atoms with Crippen LogP contribution in [0.4, 0.5) is 0 Å². The van der Waals surface area contributed by atoms with Gasteiger partial charge in [-0.25, -0.2) is 0 Å². The summed E-state index contributed by atoms with van der Waals surface area (Å²) in [4.78, 5) is 2.56. The maximum atomic E-state index is 7.96. The molecule has 0 saturated heterocycles. The van der Waals surface area contributed by atoms with Crippen molar-refractivity contribution >= 4 is 0 Å². The van der Waals surface area contributed by atoms with Gasteiger partial charge in [-0.05, 0) is 30.2 Å². The molecule has 1 radical (unpaired) electrons. The third-order valence-electron chi connectivity index (χ3n) is 1.28. The van der Waals surface area contributed by atoms with Crippen molar-refractivity contribution in [3.63, 3.8) is 0 Å². The maximum absolute atomic E-state index is 7.96. The summed E-state index contributed by atoms with van der Waals surface area (Å²) in [5.41, 5.74) is 8.88. The molecule has 0 amide bonds. The predicted molar refractivity (Wildman–Crippen MR) is 45.5 cm³/mol. The molecule has 1 rings (SSSR count). The molecule has 0 fully saturated rings. The topological polar surface area (TPSA) is 58.0 Å². The maximum Gasteiger partial charge on any atom is 0.167 e. The van der Waals surface area contributed by atoms with Gasteiger partial charge in [0.2, 0.25) is 0 Å². The molecule has 0 spiro atoms. The van der Waals surface area contributed by atoms with E-state index in [1.807, 2.05) is 12.1 Å². The third kappa shape index (κ3) is 2.52. The van der Waals surface area contributed by atoms with Crippen molar-refractivity contribution in [2.45, 2.75) is 0 Å². The number of ether oxygens (including phenoxy) is 1. The van der Waals surface area contributed by atoms with Gasteiger partial charge < -0.3 is 4.74 Å². The highest BCUT2D eigenvalue weighted by molar-refractivity contribution is 5.28. The molecule has 0 heterocycles. The van der Waals surface area contributed by atoms with Gasteiger partial charge in [-0.2, -0.15) is 0 Å². The first-order valence-electron chi connectivity index (χ1n) is 3.38. The van der Waals surface area contributed by atoms with E-state index in [1.165, 1.54) is 0 Å². The Bertz CT molecular complexity index is 288. The van der Waals surface area contributed by atoms with Crippen LogP contribution in [0.3, 0.4) is 0 Å². The second-order valence-corrected chi connectivity index (χ2v) is 2.15. The molecule has 61 valence electrons. The highest BCUT2D eigenvalue weighted by atomic mass is 16.5. The van der Waals surface area contributed by atoms with E-state index in [0.29, 0.717) is 5.75 Å². The molecule has 0 aliphatic heterocycles. The molecule has 0 atom stereocenters. The van der Waals surface area contributed by atoms with E-state index >= 15 is 0 Å². The van der Waals surface area contributed by atoms with Crippen LogP contribution >= 0.6 is 0 Å². The van der Waals surface area contributed by atoms with Crippen molar-refractivity contribution in [2.75, 3.05) is 6.73 Å². The summed E-state index contributed by atoms with van der Waals surface area (Å²) in [6, 6.07) is 7.20. The molecule has 12 heavy (non-hydrogen) atoms. The van der Waals surface area contributed by atoms with Gasteiger partial charge in [0.25, 0.3) is 0 Å². The van der Waals surface area contributed by atoms with Crippen molar-refractivity contribution in [3.8, 4) is 5.75 Å². The molecule has 0 unspecified atom stereocenters. The molecular weight excluding hydrogens is 154 g/mol. The quantitative estimate of drug-likeness (QED) is 0.382.